The molecule has 0 radical (unpaired) electrons. The summed E-state index contributed by atoms with van der Waals surface area (Å²) in [5.74, 6) is 1.37. The lowest BCUT2D eigenvalue weighted by Gasteiger charge is -2.21. The summed E-state index contributed by atoms with van der Waals surface area (Å²) >= 11 is 0. The van der Waals surface area contributed by atoms with E-state index in [1.807, 2.05) is 11.1 Å². The van der Waals surface area contributed by atoms with Gasteiger partial charge in [-0.2, -0.15) is 0 Å². The molecular formula is C17H27N5O. The minimum atomic E-state index is -0.0709. The molecule has 0 aromatic carbocycles. The molecule has 23 heavy (non-hydrogen) atoms. The molecular weight excluding hydrogens is 290 g/mol. The Morgan fingerprint density at radius 1 is 1.26 bits per heavy atom. The Kier molecular flexibility index (Phi) is 4.14. The Morgan fingerprint density at radius 2 is 1.91 bits per heavy atom. The smallest absolute Gasteiger partial charge is 0.223 e. The number of nitrogens with zero attached hydrogens (tertiary/aromatic N) is 3. The molecule has 3 rings (SSSR count). The average molecular weight is 317 g/mol. The van der Waals surface area contributed by atoms with E-state index in [4.69, 9.17) is 0 Å². The largest absolute Gasteiger partial charge is 0.332 e. The van der Waals surface area contributed by atoms with Gasteiger partial charge in [-0.15, -0.1) is 0 Å². The van der Waals surface area contributed by atoms with Crippen molar-refractivity contribution in [2.45, 2.75) is 71.6 Å². The van der Waals surface area contributed by atoms with Gasteiger partial charge in [0.2, 0.25) is 5.91 Å². The van der Waals surface area contributed by atoms with Crippen LogP contribution >= 0.6 is 0 Å². The Hall–Kier alpha value is -1.53. The van der Waals surface area contributed by atoms with Gasteiger partial charge in [-0.1, -0.05) is 20.8 Å². The number of hydrogen-bond acceptors (Lipinski definition) is 5. The van der Waals surface area contributed by atoms with E-state index in [-0.39, 0.29) is 11.3 Å². The molecule has 0 aliphatic carbocycles. The summed E-state index contributed by atoms with van der Waals surface area (Å²) in [5, 5.41) is 0. The molecule has 126 valence electrons. The van der Waals surface area contributed by atoms with E-state index < -0.39 is 0 Å². The van der Waals surface area contributed by atoms with E-state index in [1.54, 1.807) is 0 Å². The van der Waals surface area contributed by atoms with Crippen LogP contribution in [0.4, 0.5) is 0 Å². The molecule has 6 nitrogen and oxygen atoms in total. The van der Waals surface area contributed by atoms with E-state index >= 15 is 0 Å². The van der Waals surface area contributed by atoms with Crippen molar-refractivity contribution < 1.29 is 4.79 Å². The fraction of sp³-hybridized carbons (Fsp3) is 0.706. The molecule has 1 saturated heterocycles. The maximum Gasteiger partial charge on any atom is 0.223 e. The molecule has 2 unspecified atom stereocenters. The summed E-state index contributed by atoms with van der Waals surface area (Å²) in [6, 6.07) is 0.623. The van der Waals surface area contributed by atoms with Gasteiger partial charge in [0.05, 0.1) is 12.2 Å². The third-order valence-corrected chi connectivity index (χ3v) is 4.91. The topological polar surface area (TPSA) is 70.2 Å². The number of hydrogen-bond donors (Lipinski definition) is 2. The maximum atomic E-state index is 12.7. The summed E-state index contributed by atoms with van der Waals surface area (Å²) in [5.41, 5.74) is 8.44. The first kappa shape index (κ1) is 16.3. The third-order valence-electron chi connectivity index (χ3n) is 4.91. The van der Waals surface area contributed by atoms with Gasteiger partial charge in [-0.3, -0.25) is 15.6 Å². The second kappa shape index (κ2) is 5.83. The zero-order valence-corrected chi connectivity index (χ0v) is 14.7. The van der Waals surface area contributed by atoms with Crippen LogP contribution in [0.25, 0.3) is 0 Å². The van der Waals surface area contributed by atoms with Crippen LogP contribution in [-0.2, 0) is 23.3 Å². The minimum absolute atomic E-state index is 0.0709. The second-order valence-corrected chi connectivity index (χ2v) is 7.90. The van der Waals surface area contributed by atoms with Gasteiger partial charge >= 0.3 is 0 Å². The summed E-state index contributed by atoms with van der Waals surface area (Å²) in [4.78, 5) is 23.7. The summed E-state index contributed by atoms with van der Waals surface area (Å²) in [6.07, 6.45) is 2.45. The van der Waals surface area contributed by atoms with Crippen molar-refractivity contribution in [2.75, 3.05) is 0 Å². The van der Waals surface area contributed by atoms with Crippen molar-refractivity contribution in [3.05, 3.63) is 23.3 Å². The normalized spacial score (nSPS) is 27.3. The number of rotatable bonds is 2. The highest BCUT2D eigenvalue weighted by Gasteiger charge is 2.34. The van der Waals surface area contributed by atoms with Crippen LogP contribution in [0, 0.1) is 5.92 Å². The van der Waals surface area contributed by atoms with Crippen LogP contribution in [0.15, 0.2) is 6.20 Å². The lowest BCUT2D eigenvalue weighted by atomic mass is 9.92. The Balaban J connectivity index is 1.68. The number of aromatic nitrogens is 2. The standard InChI is InChI=1S/C17H27N5O/c1-10-13(11(2)21-20-10)6-15(23)22-8-12-7-18-16(17(3,4)5)19-14(12)9-22/h7,10-11,13,20-21H,6,8-9H2,1-5H3. The van der Waals surface area contributed by atoms with Gasteiger partial charge in [-0.05, 0) is 13.8 Å². The number of fused-ring (bicyclic) bond motifs is 1. The molecule has 6 heteroatoms. The van der Waals surface area contributed by atoms with Gasteiger partial charge in [0, 0.05) is 48.1 Å². The molecule has 0 bridgehead atoms. The van der Waals surface area contributed by atoms with E-state index in [1.165, 1.54) is 0 Å². The highest BCUT2D eigenvalue weighted by atomic mass is 16.2. The lowest BCUT2D eigenvalue weighted by molar-refractivity contribution is -0.133. The molecule has 0 spiro atoms. The first-order chi connectivity index (χ1) is 10.8. The van der Waals surface area contributed by atoms with Gasteiger partial charge in [-0.25, -0.2) is 9.97 Å². The van der Waals surface area contributed by atoms with Crippen LogP contribution in [0.2, 0.25) is 0 Å². The first-order valence-electron chi connectivity index (χ1n) is 8.40. The number of carbonyl (C=O) groups excluding carboxylic acids is 1. The number of carbonyl (C=O) groups is 1. The van der Waals surface area contributed by atoms with Crippen LogP contribution < -0.4 is 10.9 Å². The SMILES string of the molecule is CC1NNC(C)C1CC(=O)N1Cc2cnc(C(C)(C)C)nc2C1. The quantitative estimate of drug-likeness (QED) is 0.865. The molecule has 1 aromatic rings. The van der Waals surface area contributed by atoms with Gasteiger partial charge in [0.15, 0.2) is 0 Å². The van der Waals surface area contributed by atoms with Gasteiger partial charge in [0.25, 0.3) is 0 Å². The third kappa shape index (κ3) is 3.23. The molecule has 2 aliphatic heterocycles. The number of nitrogens with one attached hydrogen (secondary N) is 2. The van der Waals surface area contributed by atoms with Gasteiger partial charge < -0.3 is 4.90 Å². The minimum Gasteiger partial charge on any atom is -0.332 e. The summed E-state index contributed by atoms with van der Waals surface area (Å²) in [7, 11) is 0. The monoisotopic (exact) mass is 317 g/mol. The van der Waals surface area contributed by atoms with Crippen molar-refractivity contribution in [2.24, 2.45) is 5.92 Å². The Labute approximate surface area is 138 Å². The molecule has 2 aliphatic rings. The van der Waals surface area contributed by atoms with E-state index in [2.05, 4.69) is 55.4 Å². The van der Waals surface area contributed by atoms with Crippen molar-refractivity contribution in [3.63, 3.8) is 0 Å². The molecule has 1 fully saturated rings. The predicted molar refractivity (Wildman–Crippen MR) is 88.3 cm³/mol. The summed E-state index contributed by atoms with van der Waals surface area (Å²) in [6.45, 7) is 11.8. The predicted octanol–water partition coefficient (Wildman–Crippen LogP) is 1.51. The van der Waals surface area contributed by atoms with E-state index in [9.17, 15) is 4.79 Å². The fourth-order valence-corrected chi connectivity index (χ4v) is 3.29. The molecule has 1 aromatic heterocycles. The first-order valence-corrected chi connectivity index (χ1v) is 8.40. The van der Waals surface area contributed by atoms with Crippen LogP contribution in [-0.4, -0.2) is 32.9 Å². The Morgan fingerprint density at radius 3 is 2.52 bits per heavy atom. The molecule has 0 saturated carbocycles. The molecule has 3 heterocycles. The van der Waals surface area contributed by atoms with E-state index in [0.717, 1.165) is 17.1 Å². The van der Waals surface area contributed by atoms with E-state index in [0.29, 0.717) is 37.5 Å². The maximum absolute atomic E-state index is 12.7. The van der Waals surface area contributed by atoms with Crippen molar-refractivity contribution in [1.82, 2.24) is 25.7 Å². The van der Waals surface area contributed by atoms with Crippen LogP contribution in [0.5, 0.6) is 0 Å². The number of hydrazine groups is 1. The lowest BCUT2D eigenvalue weighted by Crippen LogP contribution is -2.33. The fourth-order valence-electron chi connectivity index (χ4n) is 3.29. The van der Waals surface area contributed by atoms with Crippen LogP contribution in [0.1, 0.15) is 58.1 Å². The second-order valence-electron chi connectivity index (χ2n) is 7.90. The van der Waals surface area contributed by atoms with Crippen molar-refractivity contribution in [1.29, 1.82) is 0 Å². The van der Waals surface area contributed by atoms with Crippen molar-refractivity contribution in [3.8, 4) is 0 Å². The van der Waals surface area contributed by atoms with Gasteiger partial charge in [0.1, 0.15) is 5.82 Å². The van der Waals surface area contributed by atoms with Crippen molar-refractivity contribution >= 4 is 5.91 Å². The molecule has 2 atom stereocenters. The highest BCUT2D eigenvalue weighted by molar-refractivity contribution is 5.77. The molecule has 2 N–H and O–H groups in total. The zero-order chi connectivity index (χ0) is 16.8. The zero-order valence-electron chi connectivity index (χ0n) is 14.7. The number of amides is 1. The molecule has 1 amide bonds. The average Bonchev–Trinajstić information content (AvgIpc) is 3.03. The highest BCUT2D eigenvalue weighted by Crippen LogP contribution is 2.27. The van der Waals surface area contributed by atoms with Crippen LogP contribution in [0.3, 0.4) is 0 Å². The Bertz CT molecular complexity index is 599. The summed E-state index contributed by atoms with van der Waals surface area (Å²) < 4.78 is 0.